The lowest BCUT2D eigenvalue weighted by Gasteiger charge is -2.28. The van der Waals surface area contributed by atoms with Gasteiger partial charge in [0.2, 0.25) is 0 Å². The lowest BCUT2D eigenvalue weighted by Crippen LogP contribution is -2.40. The first kappa shape index (κ1) is 14.0. The Morgan fingerprint density at radius 1 is 1.32 bits per heavy atom. The van der Waals surface area contributed by atoms with E-state index >= 15 is 0 Å². The van der Waals surface area contributed by atoms with Crippen LogP contribution in [0.1, 0.15) is 72.1 Å². The maximum absolute atomic E-state index is 12.4. The van der Waals surface area contributed by atoms with Crippen LogP contribution in [0.4, 0.5) is 0 Å². The van der Waals surface area contributed by atoms with E-state index in [-0.39, 0.29) is 17.7 Å². The molecule has 0 spiro atoms. The van der Waals surface area contributed by atoms with Gasteiger partial charge in [-0.05, 0) is 50.4 Å². The number of amides is 1. The number of furan rings is 1. The SMILES string of the molecule is CC(NC(=O)c1cc2c(o1)CCCC2=O)C1CC2CCC1C2. The molecule has 4 heteroatoms. The van der Waals surface area contributed by atoms with Crippen LogP contribution in [0.3, 0.4) is 0 Å². The van der Waals surface area contributed by atoms with E-state index in [4.69, 9.17) is 4.42 Å². The molecule has 0 aliphatic heterocycles. The zero-order valence-corrected chi connectivity index (χ0v) is 13.1. The fourth-order valence-electron chi connectivity index (χ4n) is 4.80. The minimum absolute atomic E-state index is 0.102. The van der Waals surface area contributed by atoms with E-state index in [0.717, 1.165) is 24.7 Å². The number of hydrogen-bond donors (Lipinski definition) is 1. The van der Waals surface area contributed by atoms with Gasteiger partial charge in [0.15, 0.2) is 11.5 Å². The van der Waals surface area contributed by atoms with E-state index < -0.39 is 0 Å². The molecule has 4 rings (SSSR count). The minimum atomic E-state index is -0.169. The van der Waals surface area contributed by atoms with Crippen LogP contribution >= 0.6 is 0 Å². The smallest absolute Gasteiger partial charge is 0.287 e. The summed E-state index contributed by atoms with van der Waals surface area (Å²) >= 11 is 0. The molecule has 0 saturated heterocycles. The Kier molecular flexibility index (Phi) is 3.35. The zero-order valence-electron chi connectivity index (χ0n) is 13.1. The largest absolute Gasteiger partial charge is 0.455 e. The predicted molar refractivity (Wildman–Crippen MR) is 81.8 cm³/mol. The van der Waals surface area contributed by atoms with Crippen LogP contribution < -0.4 is 5.32 Å². The highest BCUT2D eigenvalue weighted by Gasteiger charge is 2.42. The molecule has 2 fully saturated rings. The fraction of sp³-hybridized carbons (Fsp3) is 0.667. The molecule has 118 valence electrons. The average molecular weight is 301 g/mol. The molecule has 4 nitrogen and oxygen atoms in total. The van der Waals surface area contributed by atoms with Crippen LogP contribution in [-0.4, -0.2) is 17.7 Å². The quantitative estimate of drug-likeness (QED) is 0.931. The summed E-state index contributed by atoms with van der Waals surface area (Å²) in [6.07, 6.45) is 7.43. The maximum Gasteiger partial charge on any atom is 0.287 e. The molecule has 1 amide bonds. The highest BCUT2D eigenvalue weighted by Crippen LogP contribution is 2.49. The number of rotatable bonds is 3. The average Bonchev–Trinajstić information content (AvgIpc) is 3.22. The summed E-state index contributed by atoms with van der Waals surface area (Å²) in [4.78, 5) is 24.3. The van der Waals surface area contributed by atoms with Crippen molar-refractivity contribution in [2.45, 2.75) is 57.9 Å². The van der Waals surface area contributed by atoms with Gasteiger partial charge < -0.3 is 9.73 Å². The molecule has 3 aliphatic carbocycles. The van der Waals surface area contributed by atoms with Crippen molar-refractivity contribution < 1.29 is 14.0 Å². The summed E-state index contributed by atoms with van der Waals surface area (Å²) in [6, 6.07) is 1.82. The first-order valence-electron chi connectivity index (χ1n) is 8.58. The molecule has 2 bridgehead atoms. The van der Waals surface area contributed by atoms with Crippen LogP contribution in [0, 0.1) is 17.8 Å². The van der Waals surface area contributed by atoms with Crippen molar-refractivity contribution in [3.8, 4) is 0 Å². The van der Waals surface area contributed by atoms with E-state index in [1.165, 1.54) is 25.7 Å². The second-order valence-electron chi connectivity index (χ2n) is 7.33. The monoisotopic (exact) mass is 301 g/mol. The van der Waals surface area contributed by atoms with E-state index in [9.17, 15) is 9.59 Å². The highest BCUT2D eigenvalue weighted by atomic mass is 16.4. The Balaban J connectivity index is 1.45. The number of ketones is 1. The normalized spacial score (nSPS) is 31.1. The lowest BCUT2D eigenvalue weighted by molar-refractivity contribution is 0.0883. The molecule has 0 aromatic carbocycles. The highest BCUT2D eigenvalue weighted by molar-refractivity contribution is 6.01. The Hall–Kier alpha value is -1.58. The number of carbonyl (C=O) groups excluding carboxylic acids is 2. The van der Waals surface area contributed by atoms with Crippen LogP contribution in [0.5, 0.6) is 0 Å². The molecule has 1 N–H and O–H groups in total. The summed E-state index contributed by atoms with van der Waals surface area (Å²) in [5, 5.41) is 3.10. The molecule has 3 aliphatic rings. The number of hydrogen-bond acceptors (Lipinski definition) is 3. The molecule has 1 heterocycles. The van der Waals surface area contributed by atoms with Crippen molar-refractivity contribution in [3.63, 3.8) is 0 Å². The van der Waals surface area contributed by atoms with Crippen LogP contribution in [-0.2, 0) is 6.42 Å². The van der Waals surface area contributed by atoms with E-state index in [1.54, 1.807) is 6.07 Å². The second kappa shape index (κ2) is 5.25. The summed E-state index contributed by atoms with van der Waals surface area (Å²) < 4.78 is 5.63. The van der Waals surface area contributed by atoms with Crippen molar-refractivity contribution in [2.75, 3.05) is 0 Å². The lowest BCUT2D eigenvalue weighted by atomic mass is 9.84. The Labute approximate surface area is 130 Å². The van der Waals surface area contributed by atoms with Crippen molar-refractivity contribution >= 4 is 11.7 Å². The summed E-state index contributed by atoms with van der Waals surface area (Å²) in [7, 11) is 0. The number of carbonyl (C=O) groups is 2. The summed E-state index contributed by atoms with van der Waals surface area (Å²) in [6.45, 7) is 2.11. The molecule has 1 aromatic heterocycles. The van der Waals surface area contributed by atoms with Gasteiger partial charge in [-0.15, -0.1) is 0 Å². The maximum atomic E-state index is 12.4. The van der Waals surface area contributed by atoms with Crippen LogP contribution in [0.2, 0.25) is 0 Å². The Bertz CT molecular complexity index is 618. The molecule has 4 atom stereocenters. The molecule has 0 radical (unpaired) electrons. The molecule has 4 unspecified atom stereocenters. The van der Waals surface area contributed by atoms with E-state index in [0.29, 0.717) is 29.4 Å². The number of aryl methyl sites for hydroxylation is 1. The number of Topliss-reactive ketones (excluding diaryl/α,β-unsaturated/α-hetero) is 1. The van der Waals surface area contributed by atoms with Crippen LogP contribution in [0.25, 0.3) is 0 Å². The third-order valence-corrected chi connectivity index (χ3v) is 5.93. The number of fused-ring (bicyclic) bond motifs is 3. The zero-order chi connectivity index (χ0) is 15.3. The summed E-state index contributed by atoms with van der Waals surface area (Å²) in [5.41, 5.74) is 0.615. The van der Waals surface area contributed by atoms with Gasteiger partial charge in [-0.25, -0.2) is 0 Å². The predicted octanol–water partition coefficient (Wildman–Crippen LogP) is 3.35. The molecular weight excluding hydrogens is 278 g/mol. The topological polar surface area (TPSA) is 59.3 Å². The molecule has 1 aromatic rings. The van der Waals surface area contributed by atoms with Gasteiger partial charge in [0.25, 0.3) is 5.91 Å². The fourth-order valence-corrected chi connectivity index (χ4v) is 4.80. The van der Waals surface area contributed by atoms with E-state index in [1.807, 2.05) is 0 Å². The second-order valence-corrected chi connectivity index (χ2v) is 7.33. The molecule has 2 saturated carbocycles. The molecular formula is C18H23NO3. The van der Waals surface area contributed by atoms with E-state index in [2.05, 4.69) is 12.2 Å². The van der Waals surface area contributed by atoms with Crippen molar-refractivity contribution in [1.29, 1.82) is 0 Å². The first-order valence-corrected chi connectivity index (χ1v) is 8.58. The van der Waals surface area contributed by atoms with Crippen molar-refractivity contribution in [2.24, 2.45) is 17.8 Å². The first-order chi connectivity index (χ1) is 10.6. The van der Waals surface area contributed by atoms with Gasteiger partial charge in [0.05, 0.1) is 5.56 Å². The third-order valence-electron chi connectivity index (χ3n) is 5.93. The Morgan fingerprint density at radius 3 is 2.86 bits per heavy atom. The van der Waals surface area contributed by atoms with Gasteiger partial charge in [0.1, 0.15) is 5.76 Å². The van der Waals surface area contributed by atoms with Crippen LogP contribution in [0.15, 0.2) is 10.5 Å². The Morgan fingerprint density at radius 2 is 2.18 bits per heavy atom. The standard InChI is InChI=1S/C18H23NO3/c1-10(13-8-11-5-6-12(13)7-11)19-18(21)17-9-14-15(20)3-2-4-16(14)22-17/h9-13H,2-8H2,1H3,(H,19,21). The van der Waals surface area contributed by atoms with Gasteiger partial charge in [-0.2, -0.15) is 0 Å². The molecule has 22 heavy (non-hydrogen) atoms. The third kappa shape index (κ3) is 2.29. The summed E-state index contributed by atoms with van der Waals surface area (Å²) in [5.74, 6) is 3.19. The van der Waals surface area contributed by atoms with Crippen molar-refractivity contribution in [3.05, 3.63) is 23.2 Å². The number of nitrogens with one attached hydrogen (secondary N) is 1. The van der Waals surface area contributed by atoms with Gasteiger partial charge >= 0.3 is 0 Å². The van der Waals surface area contributed by atoms with Gasteiger partial charge in [-0.1, -0.05) is 6.42 Å². The van der Waals surface area contributed by atoms with Gasteiger partial charge in [0, 0.05) is 24.9 Å². The van der Waals surface area contributed by atoms with Gasteiger partial charge in [-0.3, -0.25) is 9.59 Å². The van der Waals surface area contributed by atoms with Crippen molar-refractivity contribution in [1.82, 2.24) is 5.32 Å². The minimum Gasteiger partial charge on any atom is -0.455 e.